The maximum Gasteiger partial charge on any atom is 0.324 e. The summed E-state index contributed by atoms with van der Waals surface area (Å²) in [5.74, 6) is 0.178. The third-order valence-corrected chi connectivity index (χ3v) is 19.7. The van der Waals surface area contributed by atoms with Gasteiger partial charge >= 0.3 is 5.97 Å². The minimum Gasteiger partial charge on any atom is -0.464 e. The van der Waals surface area contributed by atoms with E-state index < -0.39 is 29.5 Å². The first-order chi connectivity index (χ1) is 37.5. The van der Waals surface area contributed by atoms with E-state index in [1.54, 1.807) is 0 Å². The van der Waals surface area contributed by atoms with E-state index in [9.17, 15) is 19.2 Å². The summed E-state index contributed by atoms with van der Waals surface area (Å²) in [5, 5.41) is 8.74. The Morgan fingerprint density at radius 1 is 0.987 bits per heavy atom. The molecule has 7 fully saturated rings. The number of carbonyl (C=O) groups is 4. The SMILES string of the molecule is CCn1c(-c2cc(N3CCN4CCOC[C@@H]4C3)cnc2C(C)C)c2c3cc(ccc31)-c1csc(n1)C[C@H](NC(=O)[C@H](C(C)C)N1CC[C@]3(CCN(C(=O)[C@H]4[C@@H](C5CC5)N4C)C3)C1)C(=O)N1CCC[C@H](N1)C(=O)OCC(C)(C)C2. The Kier molecular flexibility index (Phi) is 14.6. The quantitative estimate of drug-likeness (QED) is 0.137. The summed E-state index contributed by atoms with van der Waals surface area (Å²) in [6.45, 7) is 24.7. The number of likely N-dealkylation sites (N-methyl/N-ethyl adjacent to an activating group) is 1. The second kappa shape index (κ2) is 21.2. The van der Waals surface area contributed by atoms with Crippen LogP contribution in [0.25, 0.3) is 33.4 Å². The van der Waals surface area contributed by atoms with Crippen molar-refractivity contribution < 1.29 is 28.7 Å². The lowest BCUT2D eigenvalue weighted by Crippen LogP contribution is -2.62. The summed E-state index contributed by atoms with van der Waals surface area (Å²) >= 11 is 1.50. The molecule has 420 valence electrons. The first-order valence-corrected chi connectivity index (χ1v) is 30.3. The number of esters is 1. The molecule has 1 unspecified atom stereocenters. The van der Waals surface area contributed by atoms with Crippen LogP contribution in [0.4, 0.5) is 5.69 Å². The average molecular weight is 1090 g/mol. The van der Waals surface area contributed by atoms with Crippen LogP contribution in [0.2, 0.25) is 0 Å². The van der Waals surface area contributed by atoms with Crippen LogP contribution in [0, 0.1) is 22.7 Å². The highest BCUT2D eigenvalue weighted by molar-refractivity contribution is 7.10. The minimum absolute atomic E-state index is 0.0180. The summed E-state index contributed by atoms with van der Waals surface area (Å²) in [5.41, 5.74) is 11.2. The molecule has 1 saturated carbocycles. The van der Waals surface area contributed by atoms with Gasteiger partial charge in [-0.1, -0.05) is 47.6 Å². The van der Waals surface area contributed by atoms with Gasteiger partial charge in [-0.15, -0.1) is 11.3 Å². The third-order valence-electron chi connectivity index (χ3n) is 18.8. The van der Waals surface area contributed by atoms with Crippen LogP contribution in [-0.4, -0.2) is 185 Å². The molecule has 17 nitrogen and oxygen atoms in total. The largest absolute Gasteiger partial charge is 0.464 e. The van der Waals surface area contributed by atoms with Gasteiger partial charge in [0.05, 0.1) is 65.9 Å². The molecule has 2 N–H and O–H groups in total. The van der Waals surface area contributed by atoms with Gasteiger partial charge in [0.25, 0.3) is 5.91 Å². The lowest BCUT2D eigenvalue weighted by molar-refractivity contribution is -0.155. The molecular weight excluding hydrogens is 1000 g/mol. The molecular formula is C60H83N11O6S. The number of aryl methyl sites for hydroxylation is 1. The molecule has 0 radical (unpaired) electrons. The third kappa shape index (κ3) is 10.3. The van der Waals surface area contributed by atoms with Crippen LogP contribution >= 0.6 is 11.3 Å². The monoisotopic (exact) mass is 1090 g/mol. The fraction of sp³-hybridized carbons (Fsp3) is 0.667. The summed E-state index contributed by atoms with van der Waals surface area (Å²) in [6.07, 6.45) is 8.31. The number of morpholine rings is 1. The molecule has 12 rings (SSSR count). The Morgan fingerprint density at radius 3 is 2.59 bits per heavy atom. The van der Waals surface area contributed by atoms with Gasteiger partial charge < -0.3 is 29.2 Å². The number of fused-ring (bicyclic) bond motifs is 7. The number of piperazine rings is 1. The van der Waals surface area contributed by atoms with Crippen LogP contribution in [0.15, 0.2) is 35.8 Å². The maximum absolute atomic E-state index is 14.9. The number of rotatable bonds is 10. The van der Waals surface area contributed by atoms with Gasteiger partial charge in [0.15, 0.2) is 0 Å². The fourth-order valence-electron chi connectivity index (χ4n) is 14.5. The highest BCUT2D eigenvalue weighted by Gasteiger charge is 2.59. The van der Waals surface area contributed by atoms with Crippen molar-refractivity contribution in [2.75, 3.05) is 90.7 Å². The van der Waals surface area contributed by atoms with E-state index in [4.69, 9.17) is 19.4 Å². The molecule has 1 spiro atoms. The standard InChI is InChI=1S/C60H83N11O6S/c1-9-70-48-15-14-39-25-42(48)44(53(70)43-26-40(29-61-50(43)36(2)3)67-22-21-66-23-24-76-31-41(66)30-67)28-59(6,7)35-77-58(75)45-11-10-18-71(64-45)56(73)46(27-49-62-47(39)32-78-49)63-55(72)51(37(4)5)68-19-16-60(33-68)17-20-69(34-60)57(74)54-52(65(54)8)38-12-13-38/h14-15,25-26,29,32,36-38,41,45-46,51-52,54,64H,9-13,16-24,27-28,30-31,33-35H2,1-8H3,(H,63,72)/t41-,45-,46-,51-,52+,54+,60-,65?/m0/s1. The number of amides is 3. The number of anilines is 1. The molecule has 1 aromatic carbocycles. The molecule has 3 aromatic heterocycles. The molecule has 4 aromatic rings. The molecule has 8 atom stereocenters. The number of nitrogens with zero attached hydrogens (tertiary/aromatic N) is 9. The Hall–Kier alpha value is -4.98. The first kappa shape index (κ1) is 53.7. The predicted molar refractivity (Wildman–Crippen MR) is 303 cm³/mol. The molecule has 8 aliphatic rings. The number of pyridine rings is 1. The number of cyclic esters (lactones) is 1. The number of hydrogen-bond acceptors (Lipinski definition) is 14. The number of hydrogen-bond donors (Lipinski definition) is 2. The smallest absolute Gasteiger partial charge is 0.324 e. The van der Waals surface area contributed by atoms with Crippen molar-refractivity contribution in [3.05, 3.63) is 52.1 Å². The van der Waals surface area contributed by atoms with Crippen molar-refractivity contribution in [3.63, 3.8) is 0 Å². The van der Waals surface area contributed by atoms with Gasteiger partial charge in [-0.3, -0.25) is 43.9 Å². The Bertz CT molecular complexity index is 2950. The van der Waals surface area contributed by atoms with Gasteiger partial charge in [0.1, 0.15) is 18.1 Å². The summed E-state index contributed by atoms with van der Waals surface area (Å²) in [6, 6.07) is 7.63. The summed E-state index contributed by atoms with van der Waals surface area (Å²) in [4.78, 5) is 80.1. The maximum atomic E-state index is 14.9. The number of thiazole rings is 1. The van der Waals surface area contributed by atoms with Crippen LogP contribution < -0.4 is 15.6 Å². The predicted octanol–water partition coefficient (Wildman–Crippen LogP) is 6.18. The molecule has 10 heterocycles. The van der Waals surface area contributed by atoms with Crippen LogP contribution in [0.5, 0.6) is 0 Å². The highest BCUT2D eigenvalue weighted by Crippen LogP contribution is 2.49. The van der Waals surface area contributed by atoms with Crippen molar-refractivity contribution in [2.24, 2.45) is 22.7 Å². The zero-order valence-corrected chi connectivity index (χ0v) is 48.2. The summed E-state index contributed by atoms with van der Waals surface area (Å²) < 4.78 is 14.7. The number of hydrazine groups is 1. The molecule has 1 aliphatic carbocycles. The number of aromatic nitrogens is 3. The van der Waals surface area contributed by atoms with E-state index in [1.807, 2.05) is 0 Å². The average Bonchev–Trinajstić information content (AvgIpc) is 4.16. The minimum atomic E-state index is -0.946. The van der Waals surface area contributed by atoms with Crippen LogP contribution in [0.1, 0.15) is 109 Å². The second-order valence-electron chi connectivity index (χ2n) is 25.8. The number of likely N-dealkylation sites (tertiary alicyclic amines) is 2. The zero-order chi connectivity index (χ0) is 54.4. The number of nitrogens with one attached hydrogen (secondary N) is 2. The van der Waals surface area contributed by atoms with Crippen molar-refractivity contribution in [1.29, 1.82) is 0 Å². The van der Waals surface area contributed by atoms with Gasteiger partial charge in [0, 0.05) is 110 Å². The molecule has 7 aliphatic heterocycles. The van der Waals surface area contributed by atoms with Gasteiger partial charge in [-0.05, 0) is 107 Å². The van der Waals surface area contributed by atoms with Gasteiger partial charge in [-0.2, -0.15) is 0 Å². The molecule has 6 saturated heterocycles. The van der Waals surface area contributed by atoms with Crippen LogP contribution in [0.3, 0.4) is 0 Å². The number of benzene rings is 1. The topological polar surface area (TPSA) is 161 Å². The lowest BCUT2D eigenvalue weighted by atomic mass is 9.84. The summed E-state index contributed by atoms with van der Waals surface area (Å²) in [7, 11) is 2.09. The second-order valence-corrected chi connectivity index (χ2v) is 26.7. The number of carbonyl (C=O) groups excluding carboxylic acids is 4. The van der Waals surface area contributed by atoms with E-state index in [0.29, 0.717) is 43.8 Å². The number of ether oxygens (including phenoxy) is 2. The van der Waals surface area contributed by atoms with E-state index >= 15 is 0 Å². The van der Waals surface area contributed by atoms with Crippen molar-refractivity contribution >= 4 is 51.6 Å². The van der Waals surface area contributed by atoms with E-state index in [-0.39, 0.29) is 54.0 Å². The van der Waals surface area contributed by atoms with Crippen molar-refractivity contribution in [2.45, 2.75) is 149 Å². The Balaban J connectivity index is 0.855. The normalized spacial score (nSPS) is 29.3. The molecule has 18 heteroatoms. The van der Waals surface area contributed by atoms with Crippen molar-refractivity contribution in [3.8, 4) is 22.5 Å². The molecule has 3 amide bonds. The Labute approximate surface area is 464 Å². The first-order valence-electron chi connectivity index (χ1n) is 29.4. The van der Waals surface area contributed by atoms with E-state index in [0.717, 1.165) is 135 Å². The highest BCUT2D eigenvalue weighted by atomic mass is 32.1. The van der Waals surface area contributed by atoms with E-state index in [2.05, 4.69) is 131 Å². The fourth-order valence-corrected chi connectivity index (χ4v) is 15.3. The van der Waals surface area contributed by atoms with Gasteiger partial charge in [-0.25, -0.2) is 10.4 Å². The zero-order valence-electron chi connectivity index (χ0n) is 47.4. The lowest BCUT2D eigenvalue weighted by Gasteiger charge is -2.44. The van der Waals surface area contributed by atoms with Crippen molar-refractivity contribution in [1.82, 2.24) is 49.9 Å². The molecule has 78 heavy (non-hydrogen) atoms. The Morgan fingerprint density at radius 2 is 1.81 bits per heavy atom. The van der Waals surface area contributed by atoms with Gasteiger partial charge in [0.2, 0.25) is 11.8 Å². The molecule has 6 bridgehead atoms. The van der Waals surface area contributed by atoms with Crippen LogP contribution in [-0.2, 0) is 48.0 Å². The van der Waals surface area contributed by atoms with E-state index in [1.165, 1.54) is 34.8 Å².